The molecule has 1 heterocycles. The van der Waals surface area contributed by atoms with E-state index >= 15 is 0 Å². The highest BCUT2D eigenvalue weighted by atomic mass is 35.5. The van der Waals surface area contributed by atoms with Gasteiger partial charge in [0.1, 0.15) is 0 Å². The fraction of sp³-hybridized carbons (Fsp3) is 0.381. The lowest BCUT2D eigenvalue weighted by Gasteiger charge is -2.31. The maximum absolute atomic E-state index is 12.9. The highest BCUT2D eigenvalue weighted by Crippen LogP contribution is 2.30. The van der Waals surface area contributed by atoms with Crippen LogP contribution in [0.15, 0.2) is 42.5 Å². The van der Waals surface area contributed by atoms with Crippen molar-refractivity contribution in [3.05, 3.63) is 69.2 Å². The van der Waals surface area contributed by atoms with Crippen molar-refractivity contribution in [3.8, 4) is 0 Å². The van der Waals surface area contributed by atoms with E-state index in [0.29, 0.717) is 24.0 Å². The number of carbonyl (C=O) groups is 1. The predicted molar refractivity (Wildman–Crippen MR) is 117 cm³/mol. The molecule has 11 heteroatoms. The Morgan fingerprint density at radius 1 is 1.12 bits per heavy atom. The smallest absolute Gasteiger partial charge is 0.352 e. The number of benzene rings is 2. The molecule has 0 spiro atoms. The van der Waals surface area contributed by atoms with Gasteiger partial charge in [0, 0.05) is 35.2 Å². The molecule has 1 aliphatic heterocycles. The number of rotatable bonds is 6. The van der Waals surface area contributed by atoms with Gasteiger partial charge < -0.3 is 5.32 Å². The molecule has 1 fully saturated rings. The lowest BCUT2D eigenvalue weighted by atomic mass is 9.98. The summed E-state index contributed by atoms with van der Waals surface area (Å²) >= 11 is 12.2. The summed E-state index contributed by atoms with van der Waals surface area (Å²) in [6, 6.07) is 9.43. The quantitative estimate of drug-likeness (QED) is 0.605. The SMILES string of the molecule is O=C(NCc1cccc(C(F)(F)F)c1)C1CCCN(S(=O)(=O)Cc2c(Cl)cccc2Cl)C1. The van der Waals surface area contributed by atoms with Gasteiger partial charge >= 0.3 is 6.18 Å². The van der Waals surface area contributed by atoms with E-state index in [2.05, 4.69) is 5.32 Å². The summed E-state index contributed by atoms with van der Waals surface area (Å²) in [6.07, 6.45) is -3.51. The lowest BCUT2D eigenvalue weighted by Crippen LogP contribution is -2.45. The van der Waals surface area contributed by atoms with Crippen LogP contribution >= 0.6 is 23.2 Å². The van der Waals surface area contributed by atoms with E-state index in [1.807, 2.05) is 0 Å². The maximum Gasteiger partial charge on any atom is 0.416 e. The summed E-state index contributed by atoms with van der Waals surface area (Å²) in [5, 5.41) is 3.11. The van der Waals surface area contributed by atoms with Crippen LogP contribution in [0, 0.1) is 5.92 Å². The van der Waals surface area contributed by atoms with Crippen molar-refractivity contribution in [3.63, 3.8) is 0 Å². The second-order valence-corrected chi connectivity index (χ2v) is 10.4. The summed E-state index contributed by atoms with van der Waals surface area (Å²) in [5.41, 5.74) is -0.189. The molecule has 1 atom stereocenters. The molecule has 32 heavy (non-hydrogen) atoms. The van der Waals surface area contributed by atoms with Crippen molar-refractivity contribution in [2.24, 2.45) is 5.92 Å². The van der Waals surface area contributed by atoms with E-state index in [1.165, 1.54) is 16.4 Å². The second kappa shape index (κ2) is 9.99. The topological polar surface area (TPSA) is 66.5 Å². The van der Waals surface area contributed by atoms with Crippen LogP contribution in [0.25, 0.3) is 0 Å². The van der Waals surface area contributed by atoms with Crippen molar-refractivity contribution in [1.29, 1.82) is 0 Å². The Hall–Kier alpha value is -1.81. The Balaban J connectivity index is 1.63. The second-order valence-electron chi connectivity index (χ2n) is 7.57. The van der Waals surface area contributed by atoms with Crippen LogP contribution in [0.5, 0.6) is 0 Å². The van der Waals surface area contributed by atoms with Crippen molar-refractivity contribution >= 4 is 39.1 Å². The van der Waals surface area contributed by atoms with E-state index in [1.54, 1.807) is 18.2 Å². The molecule has 2 aromatic carbocycles. The molecule has 174 valence electrons. The Bertz CT molecular complexity index is 1070. The Morgan fingerprint density at radius 2 is 1.78 bits per heavy atom. The third-order valence-corrected chi connectivity index (χ3v) is 7.74. The average molecular weight is 509 g/mol. The van der Waals surface area contributed by atoms with Gasteiger partial charge in [0.05, 0.1) is 17.2 Å². The standard InChI is InChI=1S/C21H21Cl2F3N2O3S/c22-18-7-2-8-19(23)17(18)13-32(30,31)28-9-3-5-15(12-28)20(29)27-11-14-4-1-6-16(10-14)21(24,25)26/h1-2,4,6-8,10,15H,3,5,9,11-13H2,(H,27,29). The largest absolute Gasteiger partial charge is 0.416 e. The molecule has 5 nitrogen and oxygen atoms in total. The maximum atomic E-state index is 12.9. The number of alkyl halides is 3. The minimum absolute atomic E-state index is 0.0151. The van der Waals surface area contributed by atoms with Gasteiger partial charge in [0.2, 0.25) is 15.9 Å². The molecule has 1 unspecified atom stereocenters. The molecule has 0 aromatic heterocycles. The van der Waals surface area contributed by atoms with Crippen molar-refractivity contribution in [2.75, 3.05) is 13.1 Å². The zero-order valence-corrected chi connectivity index (χ0v) is 19.2. The number of sulfonamides is 1. The number of piperidine rings is 1. The number of halogens is 5. The number of hydrogen-bond acceptors (Lipinski definition) is 3. The van der Waals surface area contributed by atoms with Gasteiger partial charge in [-0.3, -0.25) is 4.79 Å². The Labute approximate surface area is 194 Å². The summed E-state index contributed by atoms with van der Waals surface area (Å²) in [5.74, 6) is -1.39. The molecular weight excluding hydrogens is 488 g/mol. The van der Waals surface area contributed by atoms with Crippen molar-refractivity contribution in [1.82, 2.24) is 9.62 Å². The third kappa shape index (κ3) is 6.15. The van der Waals surface area contributed by atoms with Crippen LogP contribution in [0.2, 0.25) is 10.0 Å². The highest BCUT2D eigenvalue weighted by Gasteiger charge is 2.33. The summed E-state index contributed by atoms with van der Waals surface area (Å²) in [7, 11) is -3.78. The van der Waals surface area contributed by atoms with Crippen LogP contribution in [0.3, 0.4) is 0 Å². The number of nitrogens with one attached hydrogen (secondary N) is 1. The zero-order valence-electron chi connectivity index (χ0n) is 16.8. The molecule has 1 N–H and O–H groups in total. The molecule has 0 radical (unpaired) electrons. The summed E-state index contributed by atoms with van der Waals surface area (Å²) < 4.78 is 65.6. The molecule has 1 saturated heterocycles. The van der Waals surface area contributed by atoms with E-state index in [4.69, 9.17) is 23.2 Å². The Kier molecular flexibility index (Phi) is 7.75. The molecule has 1 aliphatic rings. The first-order valence-corrected chi connectivity index (χ1v) is 12.2. The Morgan fingerprint density at radius 3 is 2.44 bits per heavy atom. The fourth-order valence-electron chi connectivity index (χ4n) is 3.54. The van der Waals surface area contributed by atoms with Gasteiger partial charge in [-0.1, -0.05) is 41.4 Å². The molecule has 0 saturated carbocycles. The summed E-state index contributed by atoms with van der Waals surface area (Å²) in [6.45, 7) is 0.169. The molecule has 0 aliphatic carbocycles. The van der Waals surface area contributed by atoms with E-state index in [9.17, 15) is 26.4 Å². The van der Waals surface area contributed by atoms with Crippen molar-refractivity contribution in [2.45, 2.75) is 31.3 Å². The molecule has 0 bridgehead atoms. The first kappa shape index (κ1) is 24.8. The first-order chi connectivity index (χ1) is 15.0. The summed E-state index contributed by atoms with van der Waals surface area (Å²) in [4.78, 5) is 12.6. The van der Waals surface area contributed by atoms with E-state index < -0.39 is 33.6 Å². The number of amides is 1. The van der Waals surface area contributed by atoms with Gasteiger partial charge in [-0.2, -0.15) is 13.2 Å². The number of nitrogens with zero attached hydrogens (tertiary/aromatic N) is 1. The minimum atomic E-state index is -4.47. The van der Waals surface area contributed by atoms with Crippen LogP contribution in [-0.2, 0) is 33.3 Å². The van der Waals surface area contributed by atoms with Gasteiger partial charge in [-0.05, 0) is 42.7 Å². The molecule has 3 rings (SSSR count). The zero-order chi connectivity index (χ0) is 23.5. The normalized spacial score (nSPS) is 17.8. The molecular formula is C21H21Cl2F3N2O3S. The number of hydrogen-bond donors (Lipinski definition) is 1. The average Bonchev–Trinajstić information content (AvgIpc) is 2.74. The third-order valence-electron chi connectivity index (χ3n) is 5.26. The molecule has 2 aromatic rings. The van der Waals surface area contributed by atoms with Crippen LogP contribution in [0.1, 0.15) is 29.5 Å². The van der Waals surface area contributed by atoms with Gasteiger partial charge in [0.25, 0.3) is 0 Å². The minimum Gasteiger partial charge on any atom is -0.352 e. The van der Waals surface area contributed by atoms with Gasteiger partial charge in [-0.25, -0.2) is 12.7 Å². The number of carbonyl (C=O) groups excluding carboxylic acids is 1. The van der Waals surface area contributed by atoms with Gasteiger partial charge in [0.15, 0.2) is 0 Å². The van der Waals surface area contributed by atoms with Crippen LogP contribution in [0.4, 0.5) is 13.2 Å². The van der Waals surface area contributed by atoms with Gasteiger partial charge in [-0.15, -0.1) is 0 Å². The lowest BCUT2D eigenvalue weighted by molar-refractivity contribution is -0.137. The monoisotopic (exact) mass is 508 g/mol. The van der Waals surface area contributed by atoms with Crippen LogP contribution < -0.4 is 5.32 Å². The van der Waals surface area contributed by atoms with Crippen LogP contribution in [-0.4, -0.2) is 31.7 Å². The first-order valence-electron chi connectivity index (χ1n) is 9.82. The molecule has 1 amide bonds. The highest BCUT2D eigenvalue weighted by molar-refractivity contribution is 7.88. The van der Waals surface area contributed by atoms with E-state index in [0.717, 1.165) is 12.1 Å². The van der Waals surface area contributed by atoms with Crippen molar-refractivity contribution < 1.29 is 26.4 Å². The fourth-order valence-corrected chi connectivity index (χ4v) is 5.91. The van der Waals surface area contributed by atoms with E-state index in [-0.39, 0.29) is 35.4 Å². The predicted octanol–water partition coefficient (Wildman–Crippen LogP) is 4.87.